The molecule has 1 N–H and O–H groups in total. The summed E-state index contributed by atoms with van der Waals surface area (Å²) in [6.07, 6.45) is 3.41. The number of rotatable bonds is 7. The van der Waals surface area contributed by atoms with Gasteiger partial charge in [0.1, 0.15) is 0 Å². The Kier molecular flexibility index (Phi) is 6.94. The molecule has 1 aliphatic heterocycles. The third kappa shape index (κ3) is 4.86. The van der Waals surface area contributed by atoms with Gasteiger partial charge < -0.3 is 14.7 Å². The van der Waals surface area contributed by atoms with Gasteiger partial charge in [-0.1, -0.05) is 66.9 Å². The Morgan fingerprint density at radius 1 is 1.03 bits per heavy atom. The van der Waals surface area contributed by atoms with Crippen LogP contribution in [-0.2, 0) is 0 Å². The summed E-state index contributed by atoms with van der Waals surface area (Å²) < 4.78 is 5.85. The van der Waals surface area contributed by atoms with Crippen molar-refractivity contribution in [3.63, 3.8) is 0 Å². The summed E-state index contributed by atoms with van der Waals surface area (Å²) in [4.78, 5) is 7.00. The van der Waals surface area contributed by atoms with E-state index in [0.29, 0.717) is 11.7 Å². The number of thiocarbonyl (C=S) groups is 1. The zero-order chi connectivity index (χ0) is 23.5. The predicted octanol–water partition coefficient (Wildman–Crippen LogP) is 6.51. The first-order chi connectivity index (χ1) is 15.9. The average molecular weight is 461 g/mol. The molecule has 0 aliphatic carbocycles. The van der Waals surface area contributed by atoms with Crippen LogP contribution in [0.4, 0.5) is 0 Å². The van der Waals surface area contributed by atoms with Crippen LogP contribution in [0.2, 0.25) is 0 Å². The van der Waals surface area contributed by atoms with E-state index in [1.54, 1.807) is 0 Å². The minimum Gasteiger partial charge on any atom is -0.351 e. The first-order valence-electron chi connectivity index (χ1n) is 11.7. The summed E-state index contributed by atoms with van der Waals surface area (Å²) in [5.74, 6) is 1.13. The molecular formula is C27H32N4OS. The van der Waals surface area contributed by atoms with Crippen molar-refractivity contribution in [2.75, 3.05) is 6.54 Å². The highest BCUT2D eigenvalue weighted by Gasteiger charge is 2.34. The lowest BCUT2D eigenvalue weighted by atomic mass is 9.92. The highest BCUT2D eigenvalue weighted by molar-refractivity contribution is 7.80. The number of nitrogens with one attached hydrogen (secondary N) is 1. The second-order valence-electron chi connectivity index (χ2n) is 8.88. The molecule has 0 bridgehead atoms. The number of benzene rings is 2. The van der Waals surface area contributed by atoms with E-state index in [1.807, 2.05) is 12.1 Å². The molecule has 1 aromatic heterocycles. The second-order valence-corrected chi connectivity index (χ2v) is 9.26. The van der Waals surface area contributed by atoms with Crippen molar-refractivity contribution in [2.24, 2.45) is 0 Å². The minimum absolute atomic E-state index is 0.148. The van der Waals surface area contributed by atoms with Gasteiger partial charge in [-0.25, -0.2) is 0 Å². The molecule has 3 aromatic rings. The van der Waals surface area contributed by atoms with E-state index in [-0.39, 0.29) is 6.04 Å². The molecule has 6 heteroatoms. The van der Waals surface area contributed by atoms with Crippen LogP contribution in [0.15, 0.2) is 52.7 Å². The molecule has 2 aromatic carbocycles. The van der Waals surface area contributed by atoms with Gasteiger partial charge in [0.25, 0.3) is 5.89 Å². The molecule has 1 atom stereocenters. The lowest BCUT2D eigenvalue weighted by Crippen LogP contribution is -2.46. The monoisotopic (exact) mass is 460 g/mol. The summed E-state index contributed by atoms with van der Waals surface area (Å²) >= 11 is 5.80. The lowest BCUT2D eigenvalue weighted by molar-refractivity contribution is 0.395. The summed E-state index contributed by atoms with van der Waals surface area (Å²) in [6, 6.07) is 14.5. The molecular weight excluding hydrogens is 428 g/mol. The van der Waals surface area contributed by atoms with Crippen LogP contribution < -0.4 is 5.32 Å². The molecule has 0 saturated heterocycles. The molecule has 1 unspecified atom stereocenters. The highest BCUT2D eigenvalue weighted by Crippen LogP contribution is 2.38. The number of aryl methyl sites for hydroxylation is 3. The third-order valence-electron chi connectivity index (χ3n) is 6.38. The fourth-order valence-corrected chi connectivity index (χ4v) is 4.62. The number of nitrogens with zero attached hydrogens (tertiary/aromatic N) is 3. The smallest absolute Gasteiger partial charge is 0.258 e. The molecule has 4 rings (SSSR count). The SMILES string of the molecule is CCCCCN1C(=S)NC(c2ccc(C)c(C)c2)C(c2nc(-c3cccc(C)c3)no2)=C1C. The zero-order valence-electron chi connectivity index (χ0n) is 20.1. The summed E-state index contributed by atoms with van der Waals surface area (Å²) in [7, 11) is 0. The predicted molar refractivity (Wildman–Crippen MR) is 138 cm³/mol. The highest BCUT2D eigenvalue weighted by atomic mass is 32.1. The van der Waals surface area contributed by atoms with Gasteiger partial charge in [0.05, 0.1) is 11.6 Å². The van der Waals surface area contributed by atoms with Crippen LogP contribution in [0.5, 0.6) is 0 Å². The molecule has 1 aliphatic rings. The van der Waals surface area contributed by atoms with Crippen molar-refractivity contribution in [1.82, 2.24) is 20.4 Å². The van der Waals surface area contributed by atoms with Crippen molar-refractivity contribution < 1.29 is 4.52 Å². The Hall–Kier alpha value is -2.99. The van der Waals surface area contributed by atoms with Crippen LogP contribution in [-0.4, -0.2) is 26.7 Å². The van der Waals surface area contributed by atoms with Crippen LogP contribution in [0.25, 0.3) is 17.0 Å². The van der Waals surface area contributed by atoms with Crippen LogP contribution in [0.1, 0.15) is 67.3 Å². The molecule has 2 heterocycles. The largest absolute Gasteiger partial charge is 0.351 e. The lowest BCUT2D eigenvalue weighted by Gasteiger charge is -2.37. The van der Waals surface area contributed by atoms with E-state index in [1.165, 1.54) is 24.0 Å². The molecule has 172 valence electrons. The van der Waals surface area contributed by atoms with Crippen molar-refractivity contribution in [1.29, 1.82) is 0 Å². The molecule has 0 amide bonds. The van der Waals surface area contributed by atoms with Crippen molar-refractivity contribution in [3.05, 3.63) is 76.3 Å². The third-order valence-corrected chi connectivity index (χ3v) is 6.72. The fourth-order valence-electron chi connectivity index (χ4n) is 4.28. The normalized spacial score (nSPS) is 16.3. The maximum atomic E-state index is 5.85. The standard InChI is InChI=1S/C27H32N4OS/c1-6-7-8-14-31-20(5)23(24(28-27(31)33)21-13-12-18(3)19(4)16-21)26-29-25(30-32-26)22-11-9-10-17(2)15-22/h9-13,15-16,24H,6-8,14H2,1-5H3,(H,28,33). The van der Waals surface area contributed by atoms with Crippen LogP contribution in [0, 0.1) is 20.8 Å². The van der Waals surface area contributed by atoms with Gasteiger partial charge in [-0.3, -0.25) is 0 Å². The summed E-state index contributed by atoms with van der Waals surface area (Å²) in [6.45, 7) is 11.5. The molecule has 0 spiro atoms. The van der Waals surface area contributed by atoms with Crippen LogP contribution in [0.3, 0.4) is 0 Å². The van der Waals surface area contributed by atoms with E-state index in [9.17, 15) is 0 Å². The van der Waals surface area contributed by atoms with Gasteiger partial charge in [-0.05, 0) is 69.1 Å². The summed E-state index contributed by atoms with van der Waals surface area (Å²) in [5.41, 5.74) is 7.80. The minimum atomic E-state index is -0.148. The van der Waals surface area contributed by atoms with E-state index in [4.69, 9.17) is 21.7 Å². The van der Waals surface area contributed by atoms with Crippen molar-refractivity contribution >= 4 is 22.9 Å². The average Bonchev–Trinajstić information content (AvgIpc) is 3.27. The maximum Gasteiger partial charge on any atom is 0.258 e. The van der Waals surface area contributed by atoms with Gasteiger partial charge in [0.2, 0.25) is 5.82 Å². The van der Waals surface area contributed by atoms with E-state index < -0.39 is 0 Å². The van der Waals surface area contributed by atoms with Gasteiger partial charge in [-0.2, -0.15) is 4.98 Å². The number of allylic oxidation sites excluding steroid dienone is 1. The van der Waals surface area contributed by atoms with E-state index >= 15 is 0 Å². The fraction of sp³-hybridized carbons (Fsp3) is 0.370. The number of hydrogen-bond acceptors (Lipinski definition) is 4. The molecule has 0 fully saturated rings. The second kappa shape index (κ2) is 9.87. The first-order valence-corrected chi connectivity index (χ1v) is 12.1. The first kappa shape index (κ1) is 23.2. The number of aromatic nitrogens is 2. The molecule has 0 radical (unpaired) electrons. The van der Waals surface area contributed by atoms with E-state index in [0.717, 1.165) is 46.0 Å². The number of hydrogen-bond donors (Lipinski definition) is 1. The summed E-state index contributed by atoms with van der Waals surface area (Å²) in [5, 5.41) is 8.63. The molecule has 5 nitrogen and oxygen atoms in total. The van der Waals surface area contributed by atoms with E-state index in [2.05, 4.69) is 80.3 Å². The Balaban J connectivity index is 1.79. The quantitative estimate of drug-likeness (QED) is 0.320. The van der Waals surface area contributed by atoms with Crippen molar-refractivity contribution in [2.45, 2.75) is 59.9 Å². The number of unbranched alkanes of at least 4 members (excludes halogenated alkanes) is 2. The molecule has 0 saturated carbocycles. The maximum absolute atomic E-state index is 5.85. The van der Waals surface area contributed by atoms with Crippen molar-refractivity contribution in [3.8, 4) is 11.4 Å². The van der Waals surface area contributed by atoms with Gasteiger partial charge >= 0.3 is 0 Å². The Morgan fingerprint density at radius 3 is 2.58 bits per heavy atom. The topological polar surface area (TPSA) is 54.2 Å². The van der Waals surface area contributed by atoms with Crippen LogP contribution >= 0.6 is 12.2 Å². The van der Waals surface area contributed by atoms with Gasteiger partial charge in [0.15, 0.2) is 5.11 Å². The Labute approximate surface area is 201 Å². The van der Waals surface area contributed by atoms with Gasteiger partial charge in [0, 0.05) is 17.8 Å². The zero-order valence-corrected chi connectivity index (χ0v) is 20.9. The molecule has 33 heavy (non-hydrogen) atoms. The van der Waals surface area contributed by atoms with Gasteiger partial charge in [-0.15, -0.1) is 0 Å². The Bertz CT molecular complexity index is 1200. The Morgan fingerprint density at radius 2 is 1.85 bits per heavy atom.